The van der Waals surface area contributed by atoms with Gasteiger partial charge in [0, 0.05) is 43.5 Å². The molecule has 138 valence electrons. The number of H-pyrrole nitrogens is 1. The van der Waals surface area contributed by atoms with Crippen LogP contribution in [0.15, 0.2) is 42.7 Å². The maximum absolute atomic E-state index is 14.3. The third-order valence-corrected chi connectivity index (χ3v) is 4.33. The van der Waals surface area contributed by atoms with E-state index in [1.807, 2.05) is 0 Å². The van der Waals surface area contributed by atoms with E-state index in [-0.39, 0.29) is 18.2 Å². The molecule has 3 aromatic rings. The molecule has 0 unspecified atom stereocenters. The summed E-state index contributed by atoms with van der Waals surface area (Å²) in [6, 6.07) is 7.98. The number of pyridine rings is 1. The van der Waals surface area contributed by atoms with Crippen LogP contribution in [0.2, 0.25) is 0 Å². The molecule has 0 saturated carbocycles. The summed E-state index contributed by atoms with van der Waals surface area (Å²) in [5, 5.41) is 13.0. The Bertz CT molecular complexity index is 958. The van der Waals surface area contributed by atoms with E-state index in [9.17, 15) is 9.18 Å². The van der Waals surface area contributed by atoms with Gasteiger partial charge in [0.05, 0.1) is 6.20 Å². The van der Waals surface area contributed by atoms with E-state index >= 15 is 0 Å². The number of nitrogens with one attached hydrogen (secondary N) is 3. The van der Waals surface area contributed by atoms with E-state index < -0.39 is 5.82 Å². The van der Waals surface area contributed by atoms with Gasteiger partial charge in [-0.3, -0.25) is 14.9 Å². The van der Waals surface area contributed by atoms with Crippen LogP contribution >= 0.6 is 0 Å². The molecule has 0 saturated heterocycles. The average molecular weight is 367 g/mol. The summed E-state index contributed by atoms with van der Waals surface area (Å²) < 4.78 is 19.7. The quantitative estimate of drug-likeness (QED) is 0.644. The van der Waals surface area contributed by atoms with Crippen molar-refractivity contribution in [2.24, 2.45) is 0 Å². The van der Waals surface area contributed by atoms with Crippen LogP contribution in [-0.2, 0) is 19.5 Å². The van der Waals surface area contributed by atoms with Crippen molar-refractivity contribution in [2.75, 3.05) is 6.54 Å². The van der Waals surface area contributed by atoms with Crippen LogP contribution in [0.5, 0.6) is 11.5 Å². The first-order chi connectivity index (χ1) is 13.2. The highest BCUT2D eigenvalue weighted by atomic mass is 19.1. The molecule has 0 spiro atoms. The van der Waals surface area contributed by atoms with Crippen molar-refractivity contribution in [1.82, 2.24) is 25.8 Å². The molecule has 4 rings (SSSR count). The van der Waals surface area contributed by atoms with Gasteiger partial charge in [-0.25, -0.2) is 4.39 Å². The van der Waals surface area contributed by atoms with Crippen molar-refractivity contribution < 1.29 is 13.9 Å². The second kappa shape index (κ2) is 7.55. The lowest BCUT2D eigenvalue weighted by molar-refractivity contribution is 0.0944. The molecule has 7 nitrogen and oxygen atoms in total. The highest BCUT2D eigenvalue weighted by Gasteiger charge is 2.21. The maximum atomic E-state index is 14.3. The monoisotopic (exact) mass is 367 g/mol. The molecule has 0 bridgehead atoms. The van der Waals surface area contributed by atoms with Crippen molar-refractivity contribution in [3.63, 3.8) is 0 Å². The zero-order valence-electron chi connectivity index (χ0n) is 14.5. The highest BCUT2D eigenvalue weighted by Crippen LogP contribution is 2.24. The summed E-state index contributed by atoms with van der Waals surface area (Å²) in [6.07, 6.45) is 3.94. The summed E-state index contributed by atoms with van der Waals surface area (Å²) in [4.78, 5) is 16.3. The molecule has 0 fully saturated rings. The van der Waals surface area contributed by atoms with Crippen LogP contribution < -0.4 is 15.4 Å². The van der Waals surface area contributed by atoms with Gasteiger partial charge in [-0.2, -0.15) is 5.10 Å². The lowest BCUT2D eigenvalue weighted by Gasteiger charge is -2.13. The molecule has 3 heterocycles. The molecular weight excluding hydrogens is 349 g/mol. The molecule has 1 aliphatic rings. The van der Waals surface area contributed by atoms with E-state index in [4.69, 9.17) is 4.74 Å². The van der Waals surface area contributed by atoms with Gasteiger partial charge in [0.25, 0.3) is 5.91 Å². The van der Waals surface area contributed by atoms with Crippen LogP contribution in [0.3, 0.4) is 0 Å². The Labute approximate surface area is 155 Å². The fourth-order valence-electron chi connectivity index (χ4n) is 2.95. The summed E-state index contributed by atoms with van der Waals surface area (Å²) in [7, 11) is 0. The van der Waals surface area contributed by atoms with Crippen LogP contribution in [0.1, 0.15) is 27.3 Å². The fraction of sp³-hybridized carbons (Fsp3) is 0.211. The number of nitrogens with zero attached hydrogens (tertiary/aromatic N) is 2. The van der Waals surface area contributed by atoms with Gasteiger partial charge in [0.1, 0.15) is 5.75 Å². The van der Waals surface area contributed by atoms with E-state index in [0.717, 1.165) is 24.2 Å². The molecule has 2 aromatic heterocycles. The number of fused-ring (bicyclic) bond motifs is 1. The van der Waals surface area contributed by atoms with Gasteiger partial charge in [0.2, 0.25) is 0 Å². The standard InChI is InChI=1S/C19H18FN5O2/c20-15-8-12(3-4-17(15)27-13-2-1-6-21-10-13)9-23-19(26)18-14-11-22-7-5-16(14)24-25-18/h1-4,6,8,10,22H,5,7,9,11H2,(H,23,26)(H,24,25). The van der Waals surface area contributed by atoms with E-state index in [1.54, 1.807) is 24.4 Å². The summed E-state index contributed by atoms with van der Waals surface area (Å²) >= 11 is 0. The zero-order valence-corrected chi connectivity index (χ0v) is 14.5. The second-order valence-corrected chi connectivity index (χ2v) is 6.19. The number of carbonyl (C=O) groups is 1. The number of hydrogen-bond donors (Lipinski definition) is 3. The van der Waals surface area contributed by atoms with Crippen molar-refractivity contribution in [1.29, 1.82) is 0 Å². The molecule has 8 heteroatoms. The third-order valence-electron chi connectivity index (χ3n) is 4.33. The topological polar surface area (TPSA) is 91.9 Å². The highest BCUT2D eigenvalue weighted by molar-refractivity contribution is 5.94. The first-order valence-electron chi connectivity index (χ1n) is 8.62. The molecule has 1 amide bonds. The first kappa shape index (κ1) is 17.2. The number of halogens is 1. The number of rotatable bonds is 5. The Morgan fingerprint density at radius 2 is 2.26 bits per heavy atom. The van der Waals surface area contributed by atoms with Gasteiger partial charge in [-0.15, -0.1) is 0 Å². The minimum Gasteiger partial charge on any atom is -0.453 e. The summed E-state index contributed by atoms with van der Waals surface area (Å²) in [5.41, 5.74) is 2.89. The van der Waals surface area contributed by atoms with Crippen molar-refractivity contribution in [3.8, 4) is 11.5 Å². The minimum absolute atomic E-state index is 0.102. The third kappa shape index (κ3) is 3.80. The molecule has 1 aromatic carbocycles. The Morgan fingerprint density at radius 3 is 3.07 bits per heavy atom. The van der Waals surface area contributed by atoms with E-state index in [1.165, 1.54) is 18.3 Å². The van der Waals surface area contributed by atoms with Gasteiger partial charge in [-0.1, -0.05) is 6.07 Å². The Morgan fingerprint density at radius 1 is 1.33 bits per heavy atom. The van der Waals surface area contributed by atoms with Crippen LogP contribution in [0.4, 0.5) is 4.39 Å². The SMILES string of the molecule is O=C(NCc1ccc(Oc2cccnc2)c(F)c1)c1n[nH]c2c1CNCC2. The van der Waals surface area contributed by atoms with E-state index in [2.05, 4.69) is 25.8 Å². The number of aromatic amines is 1. The number of carbonyl (C=O) groups excluding carboxylic acids is 1. The van der Waals surface area contributed by atoms with Crippen LogP contribution in [0, 0.1) is 5.82 Å². The zero-order chi connectivity index (χ0) is 18.6. The smallest absolute Gasteiger partial charge is 0.272 e. The number of ether oxygens (including phenoxy) is 1. The molecule has 1 aliphatic heterocycles. The van der Waals surface area contributed by atoms with Gasteiger partial charge in [0.15, 0.2) is 17.3 Å². The molecule has 27 heavy (non-hydrogen) atoms. The number of benzene rings is 1. The summed E-state index contributed by atoms with van der Waals surface area (Å²) in [5.74, 6) is -0.237. The Balaban J connectivity index is 1.40. The molecular formula is C19H18FN5O2. The summed E-state index contributed by atoms with van der Waals surface area (Å²) in [6.45, 7) is 1.67. The maximum Gasteiger partial charge on any atom is 0.272 e. The molecule has 0 radical (unpaired) electrons. The lowest BCUT2D eigenvalue weighted by atomic mass is 10.1. The average Bonchev–Trinajstić information content (AvgIpc) is 3.13. The second-order valence-electron chi connectivity index (χ2n) is 6.19. The molecule has 3 N–H and O–H groups in total. The van der Waals surface area contributed by atoms with E-state index in [0.29, 0.717) is 23.6 Å². The number of hydrogen-bond acceptors (Lipinski definition) is 5. The van der Waals surface area contributed by atoms with Crippen LogP contribution in [0.25, 0.3) is 0 Å². The number of aromatic nitrogens is 3. The minimum atomic E-state index is -0.507. The predicted octanol–water partition coefficient (Wildman–Crippen LogP) is 2.31. The Kier molecular flexibility index (Phi) is 4.80. The van der Waals surface area contributed by atoms with Crippen LogP contribution in [-0.4, -0.2) is 27.6 Å². The lowest BCUT2D eigenvalue weighted by Crippen LogP contribution is -2.28. The fourth-order valence-corrected chi connectivity index (χ4v) is 2.95. The first-order valence-corrected chi connectivity index (χ1v) is 8.62. The van der Waals surface area contributed by atoms with Crippen molar-refractivity contribution in [3.05, 3.63) is 71.1 Å². The van der Waals surface area contributed by atoms with Crippen molar-refractivity contribution in [2.45, 2.75) is 19.5 Å². The number of amides is 1. The van der Waals surface area contributed by atoms with Gasteiger partial charge >= 0.3 is 0 Å². The van der Waals surface area contributed by atoms with Gasteiger partial charge in [-0.05, 0) is 29.8 Å². The molecule has 0 aliphatic carbocycles. The normalized spacial score (nSPS) is 13.1. The Hall–Kier alpha value is -3.26. The largest absolute Gasteiger partial charge is 0.453 e. The van der Waals surface area contributed by atoms with Crippen molar-refractivity contribution >= 4 is 5.91 Å². The predicted molar refractivity (Wildman–Crippen MR) is 95.9 cm³/mol. The molecule has 0 atom stereocenters. The van der Waals surface area contributed by atoms with Gasteiger partial charge < -0.3 is 15.4 Å².